The lowest BCUT2D eigenvalue weighted by atomic mass is 10.2. The van der Waals surface area contributed by atoms with Crippen molar-refractivity contribution in [2.75, 3.05) is 25.6 Å². The minimum Gasteiger partial charge on any atom is -0.494 e. The molecule has 0 aliphatic heterocycles. The Kier molecular flexibility index (Phi) is 6.92. The molecule has 1 aromatic carbocycles. The summed E-state index contributed by atoms with van der Waals surface area (Å²) in [5.74, 6) is 0.586. The predicted octanol–water partition coefficient (Wildman–Crippen LogP) is 1.78. The van der Waals surface area contributed by atoms with Crippen LogP contribution >= 0.6 is 0 Å². The van der Waals surface area contributed by atoms with Gasteiger partial charge in [0.15, 0.2) is 0 Å². The Bertz CT molecular complexity index is 379. The van der Waals surface area contributed by atoms with Gasteiger partial charge in [-0.1, -0.05) is 6.92 Å². The van der Waals surface area contributed by atoms with Crippen LogP contribution in [0.15, 0.2) is 24.3 Å². The number of hydrogen-bond acceptors (Lipinski definition) is 4. The Morgan fingerprint density at radius 1 is 1.32 bits per heavy atom. The Morgan fingerprint density at radius 2 is 2.00 bits per heavy atom. The van der Waals surface area contributed by atoms with Gasteiger partial charge in [0.1, 0.15) is 5.75 Å². The molecule has 0 aliphatic carbocycles. The summed E-state index contributed by atoms with van der Waals surface area (Å²) in [6.07, 6.45) is 1.47. The smallest absolute Gasteiger partial charge is 0.241 e. The number of anilines is 1. The van der Waals surface area contributed by atoms with Crippen molar-refractivity contribution in [1.82, 2.24) is 0 Å². The van der Waals surface area contributed by atoms with Crippen LogP contribution in [0.25, 0.3) is 0 Å². The average Bonchev–Trinajstić information content (AvgIpc) is 2.43. The van der Waals surface area contributed by atoms with Crippen LogP contribution in [0, 0.1) is 0 Å². The SMILES string of the molecule is CCCOc1ccc(NC(=O)C(N)CCOC)cc1. The number of rotatable bonds is 8. The average molecular weight is 266 g/mol. The molecule has 0 radical (unpaired) electrons. The highest BCUT2D eigenvalue weighted by molar-refractivity contribution is 5.94. The van der Waals surface area contributed by atoms with Crippen LogP contribution in [0.3, 0.4) is 0 Å². The van der Waals surface area contributed by atoms with Crippen LogP contribution in [0.1, 0.15) is 19.8 Å². The highest BCUT2D eigenvalue weighted by Crippen LogP contribution is 2.16. The first-order valence-corrected chi connectivity index (χ1v) is 6.45. The molecule has 106 valence electrons. The first-order valence-electron chi connectivity index (χ1n) is 6.45. The van der Waals surface area contributed by atoms with Crippen molar-refractivity contribution >= 4 is 11.6 Å². The summed E-state index contributed by atoms with van der Waals surface area (Å²) in [5, 5.41) is 2.76. The molecule has 0 fully saturated rings. The normalized spacial score (nSPS) is 11.9. The molecule has 1 amide bonds. The van der Waals surface area contributed by atoms with Gasteiger partial charge >= 0.3 is 0 Å². The van der Waals surface area contributed by atoms with Crippen LogP contribution in [-0.2, 0) is 9.53 Å². The summed E-state index contributed by atoms with van der Waals surface area (Å²) in [6.45, 7) is 3.21. The van der Waals surface area contributed by atoms with Crippen LogP contribution in [-0.4, -0.2) is 32.3 Å². The van der Waals surface area contributed by atoms with E-state index in [9.17, 15) is 4.79 Å². The number of carbonyl (C=O) groups excluding carboxylic acids is 1. The maximum atomic E-state index is 11.8. The minimum absolute atomic E-state index is 0.209. The van der Waals surface area contributed by atoms with Crippen molar-refractivity contribution in [2.45, 2.75) is 25.8 Å². The van der Waals surface area contributed by atoms with Crippen molar-refractivity contribution < 1.29 is 14.3 Å². The molecule has 1 atom stereocenters. The summed E-state index contributed by atoms with van der Waals surface area (Å²) in [6, 6.07) is 6.69. The number of benzene rings is 1. The zero-order valence-corrected chi connectivity index (χ0v) is 11.5. The molecule has 0 bridgehead atoms. The fourth-order valence-electron chi connectivity index (χ4n) is 1.47. The van der Waals surface area contributed by atoms with Crippen LogP contribution in [0.4, 0.5) is 5.69 Å². The second kappa shape index (κ2) is 8.50. The topological polar surface area (TPSA) is 73.6 Å². The van der Waals surface area contributed by atoms with Gasteiger partial charge in [-0.3, -0.25) is 4.79 Å². The van der Waals surface area contributed by atoms with Crippen LogP contribution < -0.4 is 15.8 Å². The quantitative estimate of drug-likeness (QED) is 0.752. The Labute approximate surface area is 114 Å². The van der Waals surface area contributed by atoms with Gasteiger partial charge in [-0.2, -0.15) is 0 Å². The number of amides is 1. The maximum Gasteiger partial charge on any atom is 0.241 e. The predicted molar refractivity (Wildman–Crippen MR) is 75.3 cm³/mol. The highest BCUT2D eigenvalue weighted by atomic mass is 16.5. The summed E-state index contributed by atoms with van der Waals surface area (Å²) >= 11 is 0. The first kappa shape index (κ1) is 15.5. The third-order valence-electron chi connectivity index (χ3n) is 2.56. The van der Waals surface area contributed by atoms with Crippen molar-refractivity contribution in [3.8, 4) is 5.75 Å². The van der Waals surface area contributed by atoms with E-state index in [-0.39, 0.29) is 5.91 Å². The molecular formula is C14H22N2O3. The largest absolute Gasteiger partial charge is 0.494 e. The van der Waals surface area contributed by atoms with E-state index in [2.05, 4.69) is 12.2 Å². The van der Waals surface area contributed by atoms with Gasteiger partial charge in [0, 0.05) is 19.4 Å². The molecule has 1 aromatic rings. The van der Waals surface area contributed by atoms with Gasteiger partial charge < -0.3 is 20.5 Å². The molecule has 0 spiro atoms. The van der Waals surface area contributed by atoms with Crippen molar-refractivity contribution in [2.24, 2.45) is 5.73 Å². The van der Waals surface area contributed by atoms with Gasteiger partial charge in [-0.25, -0.2) is 0 Å². The van der Waals surface area contributed by atoms with Crippen LogP contribution in [0.2, 0.25) is 0 Å². The third-order valence-corrected chi connectivity index (χ3v) is 2.56. The molecule has 0 aliphatic rings. The molecule has 1 rings (SSSR count). The summed E-state index contributed by atoms with van der Waals surface area (Å²) in [7, 11) is 1.58. The van der Waals surface area contributed by atoms with Crippen molar-refractivity contribution in [3.63, 3.8) is 0 Å². The van der Waals surface area contributed by atoms with Gasteiger partial charge in [0.2, 0.25) is 5.91 Å². The molecule has 19 heavy (non-hydrogen) atoms. The van der Waals surface area contributed by atoms with E-state index in [1.807, 2.05) is 12.1 Å². The first-order chi connectivity index (χ1) is 9.17. The van der Waals surface area contributed by atoms with E-state index in [1.165, 1.54) is 0 Å². The lowest BCUT2D eigenvalue weighted by molar-refractivity contribution is -0.117. The second-order valence-corrected chi connectivity index (χ2v) is 4.25. The molecule has 0 aromatic heterocycles. The van der Waals surface area contributed by atoms with Crippen molar-refractivity contribution in [3.05, 3.63) is 24.3 Å². The van der Waals surface area contributed by atoms with Crippen molar-refractivity contribution in [1.29, 1.82) is 0 Å². The minimum atomic E-state index is -0.559. The van der Waals surface area contributed by atoms with E-state index in [1.54, 1.807) is 19.2 Å². The Morgan fingerprint density at radius 3 is 2.58 bits per heavy atom. The number of hydrogen-bond donors (Lipinski definition) is 2. The molecule has 0 saturated heterocycles. The lowest BCUT2D eigenvalue weighted by Crippen LogP contribution is -2.36. The Balaban J connectivity index is 2.45. The number of ether oxygens (including phenoxy) is 2. The van der Waals surface area contributed by atoms with Gasteiger partial charge in [0.25, 0.3) is 0 Å². The molecule has 5 heteroatoms. The van der Waals surface area contributed by atoms with E-state index in [0.29, 0.717) is 25.3 Å². The fraction of sp³-hybridized carbons (Fsp3) is 0.500. The lowest BCUT2D eigenvalue weighted by Gasteiger charge is -2.12. The summed E-state index contributed by atoms with van der Waals surface area (Å²) < 4.78 is 10.4. The zero-order chi connectivity index (χ0) is 14.1. The zero-order valence-electron chi connectivity index (χ0n) is 11.5. The molecular weight excluding hydrogens is 244 g/mol. The molecule has 1 unspecified atom stereocenters. The van der Waals surface area contributed by atoms with Gasteiger partial charge in [-0.15, -0.1) is 0 Å². The van der Waals surface area contributed by atoms with E-state index >= 15 is 0 Å². The standard InChI is InChI=1S/C14H22N2O3/c1-3-9-19-12-6-4-11(5-7-12)16-14(17)13(15)8-10-18-2/h4-7,13H,3,8-10,15H2,1-2H3,(H,16,17). The molecule has 0 heterocycles. The summed E-state index contributed by atoms with van der Waals surface area (Å²) in [5.41, 5.74) is 6.44. The van der Waals surface area contributed by atoms with Gasteiger partial charge in [-0.05, 0) is 37.1 Å². The second-order valence-electron chi connectivity index (χ2n) is 4.25. The monoisotopic (exact) mass is 266 g/mol. The number of nitrogens with one attached hydrogen (secondary N) is 1. The van der Waals surface area contributed by atoms with E-state index in [4.69, 9.17) is 15.2 Å². The molecule has 0 saturated carbocycles. The highest BCUT2D eigenvalue weighted by Gasteiger charge is 2.12. The molecule has 3 N–H and O–H groups in total. The molecule has 5 nitrogen and oxygen atoms in total. The third kappa shape index (κ3) is 5.72. The Hall–Kier alpha value is -1.59. The summed E-state index contributed by atoms with van der Waals surface area (Å²) in [4.78, 5) is 11.8. The maximum absolute atomic E-state index is 11.8. The van der Waals surface area contributed by atoms with Gasteiger partial charge in [0.05, 0.1) is 12.6 Å². The number of carbonyl (C=O) groups is 1. The number of nitrogens with two attached hydrogens (primary N) is 1. The number of methoxy groups -OCH3 is 1. The van der Waals surface area contributed by atoms with E-state index in [0.717, 1.165) is 12.2 Å². The van der Waals surface area contributed by atoms with E-state index < -0.39 is 6.04 Å². The van der Waals surface area contributed by atoms with Crippen LogP contribution in [0.5, 0.6) is 5.75 Å². The fourth-order valence-corrected chi connectivity index (χ4v) is 1.47.